The van der Waals surface area contributed by atoms with Crippen molar-refractivity contribution in [2.45, 2.75) is 29.9 Å². The van der Waals surface area contributed by atoms with E-state index in [9.17, 15) is 18.0 Å². The molecule has 8 heteroatoms. The smallest absolute Gasteiger partial charge is 0.273 e. The number of nitrogens with one attached hydrogen (secondary N) is 1. The zero-order valence-corrected chi connectivity index (χ0v) is 13.7. The normalized spacial score (nSPS) is 22.4. The van der Waals surface area contributed by atoms with E-state index in [1.165, 1.54) is 6.07 Å². The van der Waals surface area contributed by atoms with Crippen LogP contribution in [0.25, 0.3) is 0 Å². The van der Waals surface area contributed by atoms with Crippen molar-refractivity contribution in [2.75, 3.05) is 13.1 Å². The molecule has 1 aromatic heterocycles. The van der Waals surface area contributed by atoms with Gasteiger partial charge >= 0.3 is 0 Å². The van der Waals surface area contributed by atoms with E-state index in [1.54, 1.807) is 16.3 Å². The summed E-state index contributed by atoms with van der Waals surface area (Å²) in [6.07, 6.45) is 3.20. The Kier molecular flexibility index (Phi) is 4.22. The monoisotopic (exact) mass is 342 g/mol. The molecule has 0 spiro atoms. The molecule has 2 heterocycles. The van der Waals surface area contributed by atoms with E-state index >= 15 is 0 Å². The van der Waals surface area contributed by atoms with Crippen molar-refractivity contribution in [3.05, 3.63) is 17.5 Å². The molecule has 0 aromatic carbocycles. The molecule has 1 saturated carbocycles. The van der Waals surface area contributed by atoms with Gasteiger partial charge in [0.05, 0.1) is 5.92 Å². The Hall–Kier alpha value is -1.41. The van der Waals surface area contributed by atoms with Gasteiger partial charge in [0.15, 0.2) is 0 Å². The molecular weight excluding hydrogens is 324 g/mol. The van der Waals surface area contributed by atoms with Crippen LogP contribution in [0, 0.1) is 11.8 Å². The Balaban J connectivity index is 1.63. The van der Waals surface area contributed by atoms with Crippen molar-refractivity contribution in [1.29, 1.82) is 0 Å². The third-order valence-electron chi connectivity index (χ3n) is 4.03. The fourth-order valence-corrected chi connectivity index (χ4v) is 4.70. The van der Waals surface area contributed by atoms with Crippen molar-refractivity contribution in [2.24, 2.45) is 11.8 Å². The molecular formula is C14H18N2O4S2. The van der Waals surface area contributed by atoms with Crippen molar-refractivity contribution >= 4 is 33.2 Å². The highest BCUT2D eigenvalue weighted by Crippen LogP contribution is 2.32. The van der Waals surface area contributed by atoms with Gasteiger partial charge in [0.25, 0.3) is 10.0 Å². The predicted octanol–water partition coefficient (Wildman–Crippen LogP) is 1.20. The maximum absolute atomic E-state index is 12.2. The van der Waals surface area contributed by atoms with Crippen LogP contribution >= 0.6 is 11.3 Å². The molecule has 0 bridgehead atoms. The van der Waals surface area contributed by atoms with Crippen molar-refractivity contribution in [3.63, 3.8) is 0 Å². The van der Waals surface area contributed by atoms with Gasteiger partial charge in [-0.25, -0.2) is 13.1 Å². The Morgan fingerprint density at radius 2 is 2.00 bits per heavy atom. The lowest BCUT2D eigenvalue weighted by molar-refractivity contribution is -0.136. The summed E-state index contributed by atoms with van der Waals surface area (Å²) < 4.78 is 26.4. The Morgan fingerprint density at radius 1 is 1.23 bits per heavy atom. The predicted molar refractivity (Wildman–Crippen MR) is 81.7 cm³/mol. The van der Waals surface area contributed by atoms with Gasteiger partial charge in [-0.15, -0.1) is 11.3 Å². The highest BCUT2D eigenvalue weighted by atomic mass is 32.2. The summed E-state index contributed by atoms with van der Waals surface area (Å²) in [5.41, 5.74) is 0. The molecule has 1 saturated heterocycles. The first-order chi connectivity index (χ1) is 10.5. The summed E-state index contributed by atoms with van der Waals surface area (Å²) in [5.74, 6) is -0.733. The topological polar surface area (TPSA) is 83.6 Å². The molecule has 2 aliphatic rings. The summed E-state index contributed by atoms with van der Waals surface area (Å²) in [6.45, 7) is 0.984. The number of likely N-dealkylation sites (tertiary alicyclic amines) is 1. The minimum Gasteiger partial charge on any atom is -0.342 e. The zero-order chi connectivity index (χ0) is 15.7. The zero-order valence-electron chi connectivity index (χ0n) is 12.0. The largest absolute Gasteiger partial charge is 0.342 e. The standard InChI is InChI=1S/C14H18N2O4S2/c17-13(15-22(19,20)12-4-2-8-21-12)11-3-1-7-16(9-11)14(18)10-5-6-10/h2,4,8,10-11H,1,3,5-7,9H2,(H,15,17). The van der Waals surface area contributed by atoms with Crippen LogP contribution in [-0.2, 0) is 19.6 Å². The molecule has 1 aromatic rings. The van der Waals surface area contributed by atoms with Crippen LogP contribution in [0.5, 0.6) is 0 Å². The van der Waals surface area contributed by atoms with Gasteiger partial charge in [-0.1, -0.05) is 6.07 Å². The fourth-order valence-electron chi connectivity index (χ4n) is 2.66. The third kappa shape index (κ3) is 3.33. The number of hydrogen-bond acceptors (Lipinski definition) is 5. The van der Waals surface area contributed by atoms with Crippen molar-refractivity contribution < 1.29 is 18.0 Å². The lowest BCUT2D eigenvalue weighted by Gasteiger charge is -2.32. The maximum atomic E-state index is 12.2. The molecule has 1 atom stereocenters. The average Bonchev–Trinajstić information content (AvgIpc) is 3.19. The lowest BCUT2D eigenvalue weighted by atomic mass is 9.97. The number of rotatable bonds is 4. The van der Waals surface area contributed by atoms with E-state index in [0.29, 0.717) is 19.5 Å². The number of piperidine rings is 1. The molecule has 1 aliphatic heterocycles. The van der Waals surface area contributed by atoms with Gasteiger partial charge in [-0.05, 0) is 37.1 Å². The molecule has 3 rings (SSSR count). The van der Waals surface area contributed by atoms with Crippen molar-refractivity contribution in [1.82, 2.24) is 9.62 Å². The second kappa shape index (κ2) is 6.00. The molecule has 120 valence electrons. The minimum absolute atomic E-state index is 0.110. The first kappa shape index (κ1) is 15.5. The van der Waals surface area contributed by atoms with E-state index in [4.69, 9.17) is 0 Å². The SMILES string of the molecule is O=C(NS(=O)(=O)c1cccs1)C1CCCN(C(=O)C2CC2)C1. The number of sulfonamides is 1. The fraction of sp³-hybridized carbons (Fsp3) is 0.571. The maximum Gasteiger partial charge on any atom is 0.273 e. The van der Waals surface area contributed by atoms with Crippen LogP contribution in [0.3, 0.4) is 0 Å². The van der Waals surface area contributed by atoms with Crippen LogP contribution in [-0.4, -0.2) is 38.2 Å². The van der Waals surface area contributed by atoms with Gasteiger partial charge < -0.3 is 4.90 Å². The minimum atomic E-state index is -3.79. The third-order valence-corrected chi connectivity index (χ3v) is 6.77. The van der Waals surface area contributed by atoms with Crippen LogP contribution < -0.4 is 4.72 Å². The second-order valence-electron chi connectivity index (χ2n) is 5.80. The Bertz CT molecular complexity index is 665. The van der Waals surface area contributed by atoms with E-state index in [-0.39, 0.29) is 16.0 Å². The average molecular weight is 342 g/mol. The Morgan fingerprint density at radius 3 is 2.64 bits per heavy atom. The summed E-state index contributed by atoms with van der Waals surface area (Å²) in [5, 5.41) is 1.65. The molecule has 1 unspecified atom stereocenters. The van der Waals surface area contributed by atoms with Gasteiger partial charge in [-0.2, -0.15) is 0 Å². The number of thiophene rings is 1. The van der Waals surface area contributed by atoms with Crippen LogP contribution in [0.2, 0.25) is 0 Å². The highest BCUT2D eigenvalue weighted by Gasteiger charge is 2.37. The van der Waals surface area contributed by atoms with Gasteiger partial charge in [-0.3, -0.25) is 9.59 Å². The van der Waals surface area contributed by atoms with Crippen molar-refractivity contribution in [3.8, 4) is 0 Å². The summed E-state index contributed by atoms with van der Waals surface area (Å²) in [6, 6.07) is 3.09. The quantitative estimate of drug-likeness (QED) is 0.891. The van der Waals surface area contributed by atoms with E-state index in [1.807, 2.05) is 0 Å². The highest BCUT2D eigenvalue weighted by molar-refractivity contribution is 7.92. The summed E-state index contributed by atoms with van der Waals surface area (Å²) in [7, 11) is -3.79. The Labute approximate surface area is 133 Å². The molecule has 1 N–H and O–H groups in total. The van der Waals surface area contributed by atoms with Crippen LogP contribution in [0.15, 0.2) is 21.7 Å². The number of carbonyl (C=O) groups is 2. The first-order valence-electron chi connectivity index (χ1n) is 7.36. The molecule has 0 radical (unpaired) electrons. The first-order valence-corrected chi connectivity index (χ1v) is 9.72. The number of hydrogen-bond donors (Lipinski definition) is 1. The summed E-state index contributed by atoms with van der Waals surface area (Å²) in [4.78, 5) is 26.0. The molecule has 2 amide bonds. The van der Waals surface area contributed by atoms with Crippen LogP contribution in [0.1, 0.15) is 25.7 Å². The van der Waals surface area contributed by atoms with E-state index < -0.39 is 21.8 Å². The van der Waals surface area contributed by atoms with E-state index in [2.05, 4.69) is 4.72 Å². The van der Waals surface area contributed by atoms with Gasteiger partial charge in [0, 0.05) is 19.0 Å². The number of carbonyl (C=O) groups excluding carboxylic acids is 2. The second-order valence-corrected chi connectivity index (χ2v) is 8.66. The number of amides is 2. The lowest BCUT2D eigenvalue weighted by Crippen LogP contribution is -2.47. The number of nitrogens with zero attached hydrogens (tertiary/aromatic N) is 1. The molecule has 22 heavy (non-hydrogen) atoms. The van der Waals surface area contributed by atoms with Gasteiger partial charge in [0.1, 0.15) is 4.21 Å². The molecule has 1 aliphatic carbocycles. The molecule has 2 fully saturated rings. The van der Waals surface area contributed by atoms with Gasteiger partial charge in [0.2, 0.25) is 11.8 Å². The molecule has 6 nitrogen and oxygen atoms in total. The summed E-state index contributed by atoms with van der Waals surface area (Å²) >= 11 is 1.07. The van der Waals surface area contributed by atoms with E-state index in [0.717, 1.165) is 30.6 Å². The van der Waals surface area contributed by atoms with Crippen LogP contribution in [0.4, 0.5) is 0 Å².